The number of ether oxygens (including phenoxy) is 1. The summed E-state index contributed by atoms with van der Waals surface area (Å²) >= 11 is 5.99. The van der Waals surface area contributed by atoms with Gasteiger partial charge in [-0.05, 0) is 31.9 Å². The molecule has 0 aromatic heterocycles. The van der Waals surface area contributed by atoms with Gasteiger partial charge in [-0.15, -0.1) is 0 Å². The van der Waals surface area contributed by atoms with Crippen molar-refractivity contribution in [2.75, 3.05) is 6.61 Å². The zero-order chi connectivity index (χ0) is 14.5. The molecule has 1 fully saturated rings. The molecule has 2 N–H and O–H groups in total. The lowest BCUT2D eigenvalue weighted by Crippen LogP contribution is -2.46. The number of aliphatic hydroxyl groups excluding tert-OH is 1. The van der Waals surface area contributed by atoms with Crippen LogP contribution >= 0.6 is 11.6 Å². The molecule has 1 aromatic carbocycles. The summed E-state index contributed by atoms with van der Waals surface area (Å²) in [5.41, 5.74) is 0.819. The number of hydrogen-bond acceptors (Lipinski definition) is 3. The molecular formula is C15H20ClNO3. The minimum Gasteiger partial charge on any atom is -0.483 e. The Morgan fingerprint density at radius 3 is 2.95 bits per heavy atom. The van der Waals surface area contributed by atoms with Crippen molar-refractivity contribution in [3.8, 4) is 5.75 Å². The highest BCUT2D eigenvalue weighted by molar-refractivity contribution is 6.31. The molecular weight excluding hydrogens is 278 g/mol. The van der Waals surface area contributed by atoms with E-state index in [-0.39, 0.29) is 18.6 Å². The number of amides is 1. The maximum Gasteiger partial charge on any atom is 0.258 e. The Morgan fingerprint density at radius 2 is 2.20 bits per heavy atom. The van der Waals surface area contributed by atoms with E-state index in [0.29, 0.717) is 10.8 Å². The summed E-state index contributed by atoms with van der Waals surface area (Å²) in [5.74, 6) is 0.396. The van der Waals surface area contributed by atoms with Crippen molar-refractivity contribution in [1.82, 2.24) is 5.32 Å². The predicted octanol–water partition coefficient (Wildman–Crippen LogP) is 2.45. The van der Waals surface area contributed by atoms with E-state index in [0.717, 1.165) is 31.2 Å². The third-order valence-corrected chi connectivity index (χ3v) is 4.06. The molecule has 0 saturated heterocycles. The van der Waals surface area contributed by atoms with Crippen molar-refractivity contribution in [2.45, 2.75) is 44.8 Å². The van der Waals surface area contributed by atoms with Crippen molar-refractivity contribution >= 4 is 17.5 Å². The van der Waals surface area contributed by atoms with Crippen LogP contribution in [0.3, 0.4) is 0 Å². The predicted molar refractivity (Wildman–Crippen MR) is 78.1 cm³/mol. The average molecular weight is 298 g/mol. The summed E-state index contributed by atoms with van der Waals surface area (Å²) in [4.78, 5) is 11.8. The van der Waals surface area contributed by atoms with E-state index in [1.54, 1.807) is 18.2 Å². The van der Waals surface area contributed by atoms with E-state index in [2.05, 4.69) is 5.32 Å². The van der Waals surface area contributed by atoms with Crippen LogP contribution in [0.15, 0.2) is 18.2 Å². The second-order valence-corrected chi connectivity index (χ2v) is 5.58. The lowest BCUT2D eigenvalue weighted by atomic mass is 9.92. The highest BCUT2D eigenvalue weighted by atomic mass is 35.5. The smallest absolute Gasteiger partial charge is 0.258 e. The third-order valence-electron chi connectivity index (χ3n) is 3.65. The maximum absolute atomic E-state index is 11.8. The molecule has 2 unspecified atom stereocenters. The number of nitrogens with one attached hydrogen (secondary N) is 1. The van der Waals surface area contributed by atoms with Crippen molar-refractivity contribution in [3.63, 3.8) is 0 Å². The zero-order valence-corrected chi connectivity index (χ0v) is 12.3. The molecule has 0 radical (unpaired) electrons. The molecule has 5 heteroatoms. The molecule has 1 aromatic rings. The minimum atomic E-state index is -0.444. The van der Waals surface area contributed by atoms with Crippen LogP contribution in [0.25, 0.3) is 0 Å². The van der Waals surface area contributed by atoms with Gasteiger partial charge in [0.05, 0.1) is 12.1 Å². The summed E-state index contributed by atoms with van der Waals surface area (Å²) in [6.45, 7) is 1.78. The molecule has 1 aliphatic carbocycles. The fraction of sp³-hybridized carbons (Fsp3) is 0.533. The molecule has 20 heavy (non-hydrogen) atoms. The maximum atomic E-state index is 11.8. The Bertz CT molecular complexity index is 478. The third kappa shape index (κ3) is 3.87. The fourth-order valence-electron chi connectivity index (χ4n) is 2.42. The van der Waals surface area contributed by atoms with Crippen molar-refractivity contribution in [3.05, 3.63) is 28.8 Å². The summed E-state index contributed by atoms with van der Waals surface area (Å²) in [5, 5.41) is 13.3. The highest BCUT2D eigenvalue weighted by Crippen LogP contribution is 2.25. The Balaban J connectivity index is 1.84. The van der Waals surface area contributed by atoms with Crippen molar-refractivity contribution in [2.24, 2.45) is 0 Å². The van der Waals surface area contributed by atoms with Gasteiger partial charge in [0, 0.05) is 10.6 Å². The molecule has 0 heterocycles. The molecule has 2 rings (SSSR count). The number of carbonyl (C=O) groups is 1. The van der Waals surface area contributed by atoms with Gasteiger partial charge in [0.25, 0.3) is 5.91 Å². The van der Waals surface area contributed by atoms with E-state index in [4.69, 9.17) is 16.3 Å². The van der Waals surface area contributed by atoms with Gasteiger partial charge in [-0.3, -0.25) is 4.79 Å². The van der Waals surface area contributed by atoms with E-state index in [1.165, 1.54) is 0 Å². The topological polar surface area (TPSA) is 58.6 Å². The van der Waals surface area contributed by atoms with Gasteiger partial charge in [-0.2, -0.15) is 0 Å². The first-order valence-corrected chi connectivity index (χ1v) is 7.31. The number of hydrogen-bond donors (Lipinski definition) is 2. The molecule has 1 saturated carbocycles. The first-order valence-electron chi connectivity index (χ1n) is 6.93. The Kier molecular flexibility index (Phi) is 5.26. The van der Waals surface area contributed by atoms with Crippen molar-refractivity contribution in [1.29, 1.82) is 0 Å². The Labute approximate surface area is 124 Å². The zero-order valence-electron chi connectivity index (χ0n) is 11.6. The molecule has 110 valence electrons. The van der Waals surface area contributed by atoms with Crippen LogP contribution < -0.4 is 10.1 Å². The van der Waals surface area contributed by atoms with Crippen LogP contribution in [0.2, 0.25) is 5.02 Å². The molecule has 2 atom stereocenters. The molecule has 0 spiro atoms. The monoisotopic (exact) mass is 297 g/mol. The average Bonchev–Trinajstić information content (AvgIpc) is 2.43. The number of benzene rings is 1. The van der Waals surface area contributed by atoms with Gasteiger partial charge in [0.1, 0.15) is 5.75 Å². The molecule has 4 nitrogen and oxygen atoms in total. The van der Waals surface area contributed by atoms with Gasteiger partial charge < -0.3 is 15.2 Å². The van der Waals surface area contributed by atoms with E-state index in [9.17, 15) is 9.90 Å². The second kappa shape index (κ2) is 6.95. The molecule has 1 aliphatic rings. The van der Waals surface area contributed by atoms with Gasteiger partial charge in [-0.1, -0.05) is 30.5 Å². The Morgan fingerprint density at radius 1 is 1.45 bits per heavy atom. The lowest BCUT2D eigenvalue weighted by Gasteiger charge is -2.28. The van der Waals surface area contributed by atoms with Gasteiger partial charge >= 0.3 is 0 Å². The molecule has 0 bridgehead atoms. The van der Waals surface area contributed by atoms with Crippen LogP contribution in [-0.2, 0) is 4.79 Å². The summed E-state index contributed by atoms with van der Waals surface area (Å²) in [6.07, 6.45) is 3.19. The van der Waals surface area contributed by atoms with Gasteiger partial charge in [0.15, 0.2) is 6.61 Å². The highest BCUT2D eigenvalue weighted by Gasteiger charge is 2.24. The fourth-order valence-corrected chi connectivity index (χ4v) is 2.58. The first-order chi connectivity index (χ1) is 9.58. The van der Waals surface area contributed by atoms with Crippen LogP contribution in [-0.4, -0.2) is 29.8 Å². The molecule has 1 amide bonds. The van der Waals surface area contributed by atoms with E-state index in [1.807, 2.05) is 6.92 Å². The SMILES string of the molecule is Cc1c(Cl)cccc1OCC(=O)NC1CCCCC1O. The lowest BCUT2D eigenvalue weighted by molar-refractivity contribution is -0.125. The summed E-state index contributed by atoms with van der Waals surface area (Å²) < 4.78 is 5.48. The normalized spacial score (nSPS) is 22.4. The summed E-state index contributed by atoms with van der Waals surface area (Å²) in [6, 6.07) is 5.19. The van der Waals surface area contributed by atoms with Crippen LogP contribution in [0, 0.1) is 6.92 Å². The largest absolute Gasteiger partial charge is 0.483 e. The summed E-state index contributed by atoms with van der Waals surface area (Å²) in [7, 11) is 0. The number of rotatable bonds is 4. The van der Waals surface area contributed by atoms with Crippen LogP contribution in [0.5, 0.6) is 5.75 Å². The van der Waals surface area contributed by atoms with E-state index >= 15 is 0 Å². The minimum absolute atomic E-state index is 0.0651. The van der Waals surface area contributed by atoms with Crippen molar-refractivity contribution < 1.29 is 14.6 Å². The quantitative estimate of drug-likeness (QED) is 0.897. The number of carbonyl (C=O) groups excluding carboxylic acids is 1. The number of aliphatic hydroxyl groups is 1. The second-order valence-electron chi connectivity index (χ2n) is 5.18. The Hall–Kier alpha value is -1.26. The van der Waals surface area contributed by atoms with Gasteiger partial charge in [0.2, 0.25) is 0 Å². The number of halogens is 1. The van der Waals surface area contributed by atoms with Crippen LogP contribution in [0.4, 0.5) is 0 Å². The van der Waals surface area contributed by atoms with Crippen LogP contribution in [0.1, 0.15) is 31.2 Å². The van der Waals surface area contributed by atoms with Gasteiger partial charge in [-0.25, -0.2) is 0 Å². The molecule has 0 aliphatic heterocycles. The standard InChI is InChI=1S/C15H20ClNO3/c1-10-11(16)5-4-8-14(10)20-9-15(19)17-12-6-2-3-7-13(12)18/h4-5,8,12-13,18H,2-3,6-7,9H2,1H3,(H,17,19). The van der Waals surface area contributed by atoms with E-state index < -0.39 is 6.10 Å². The first kappa shape index (κ1) is 15.1.